The van der Waals surface area contributed by atoms with E-state index in [4.69, 9.17) is 4.74 Å². The first-order chi connectivity index (χ1) is 5.84. The third kappa shape index (κ3) is 2.67. The number of methoxy groups -OCH3 is 1. The fourth-order valence-corrected chi connectivity index (χ4v) is 1.27. The second kappa shape index (κ2) is 4.95. The maximum absolute atomic E-state index is 11.3. The van der Waals surface area contributed by atoms with Crippen molar-refractivity contribution in [3.8, 4) is 0 Å². The zero-order chi connectivity index (χ0) is 8.81. The van der Waals surface area contributed by atoms with Crippen molar-refractivity contribution in [2.45, 2.75) is 12.8 Å². The molecule has 0 unspecified atom stereocenters. The van der Waals surface area contributed by atoms with Crippen LogP contribution in [-0.2, 0) is 4.74 Å². The third-order valence-electron chi connectivity index (χ3n) is 1.39. The summed E-state index contributed by atoms with van der Waals surface area (Å²) < 4.78 is 8.44. The second-order valence-corrected chi connectivity index (χ2v) is 3.09. The van der Waals surface area contributed by atoms with Gasteiger partial charge in [-0.15, -0.1) is 5.10 Å². The molecule has 4 nitrogen and oxygen atoms in total. The van der Waals surface area contributed by atoms with E-state index < -0.39 is 0 Å². The van der Waals surface area contributed by atoms with Gasteiger partial charge >= 0.3 is 0 Å². The zero-order valence-electron chi connectivity index (χ0n) is 6.82. The minimum Gasteiger partial charge on any atom is -0.385 e. The van der Waals surface area contributed by atoms with Crippen LogP contribution in [0.15, 0.2) is 6.20 Å². The summed E-state index contributed by atoms with van der Waals surface area (Å²) in [6.07, 6.45) is 2.77. The van der Waals surface area contributed by atoms with E-state index in [-0.39, 0.29) is 5.78 Å². The van der Waals surface area contributed by atoms with Crippen molar-refractivity contribution in [1.82, 2.24) is 9.59 Å². The van der Waals surface area contributed by atoms with Crippen molar-refractivity contribution in [3.63, 3.8) is 0 Å². The lowest BCUT2D eigenvalue weighted by atomic mass is 10.2. The molecular weight excluding hydrogens is 176 g/mol. The first-order valence-corrected chi connectivity index (χ1v) is 4.41. The topological polar surface area (TPSA) is 52.1 Å². The van der Waals surface area contributed by atoms with E-state index in [9.17, 15) is 4.79 Å². The largest absolute Gasteiger partial charge is 0.385 e. The van der Waals surface area contributed by atoms with Crippen LogP contribution < -0.4 is 0 Å². The van der Waals surface area contributed by atoms with Gasteiger partial charge in [-0.25, -0.2) is 0 Å². The lowest BCUT2D eigenvalue weighted by molar-refractivity contribution is 0.0967. The molecule has 0 aliphatic carbocycles. The maximum Gasteiger partial charge on any atom is 0.176 e. The molecule has 0 aliphatic heterocycles. The number of hydrogen-bond donors (Lipinski definition) is 0. The molecule has 0 saturated carbocycles. The van der Waals surface area contributed by atoms with E-state index in [2.05, 4.69) is 9.59 Å². The van der Waals surface area contributed by atoms with E-state index in [0.717, 1.165) is 18.0 Å². The Morgan fingerprint density at radius 1 is 1.75 bits per heavy atom. The van der Waals surface area contributed by atoms with Crippen LogP contribution in [0.5, 0.6) is 0 Å². The van der Waals surface area contributed by atoms with Gasteiger partial charge < -0.3 is 4.74 Å². The molecule has 12 heavy (non-hydrogen) atoms. The van der Waals surface area contributed by atoms with Gasteiger partial charge in [0.25, 0.3) is 0 Å². The molecular formula is C7H10N2O2S. The molecule has 0 N–H and O–H groups in total. The van der Waals surface area contributed by atoms with Crippen molar-refractivity contribution >= 4 is 17.3 Å². The van der Waals surface area contributed by atoms with Crippen LogP contribution in [0.2, 0.25) is 0 Å². The summed E-state index contributed by atoms with van der Waals surface area (Å²) in [7, 11) is 1.62. The second-order valence-electron chi connectivity index (χ2n) is 2.30. The van der Waals surface area contributed by atoms with Crippen LogP contribution in [0.1, 0.15) is 22.5 Å². The standard InChI is InChI=1S/C7H10N2O2S/c1-11-4-2-3-6(10)7-5-8-9-12-7/h5H,2-4H2,1H3. The molecule has 1 rings (SSSR count). The molecule has 0 saturated heterocycles. The molecule has 0 aliphatic rings. The smallest absolute Gasteiger partial charge is 0.176 e. The number of Topliss-reactive ketones (excluding diaryl/α,β-unsaturated/α-hetero) is 1. The first-order valence-electron chi connectivity index (χ1n) is 3.64. The lowest BCUT2D eigenvalue weighted by Crippen LogP contribution is -1.98. The number of carbonyl (C=O) groups is 1. The monoisotopic (exact) mass is 186 g/mol. The molecule has 0 fully saturated rings. The van der Waals surface area contributed by atoms with Crippen molar-refractivity contribution in [2.24, 2.45) is 0 Å². The lowest BCUT2D eigenvalue weighted by Gasteiger charge is -1.95. The summed E-state index contributed by atoms with van der Waals surface area (Å²) in [6, 6.07) is 0. The zero-order valence-corrected chi connectivity index (χ0v) is 7.63. The summed E-state index contributed by atoms with van der Waals surface area (Å²) >= 11 is 1.14. The predicted octanol–water partition coefficient (Wildman–Crippen LogP) is 1.15. The number of rotatable bonds is 5. The van der Waals surface area contributed by atoms with Gasteiger partial charge in [0.2, 0.25) is 0 Å². The molecule has 1 aromatic rings. The van der Waals surface area contributed by atoms with E-state index >= 15 is 0 Å². The minimum atomic E-state index is 0.0991. The van der Waals surface area contributed by atoms with Gasteiger partial charge in [-0.2, -0.15) is 0 Å². The van der Waals surface area contributed by atoms with E-state index in [0.29, 0.717) is 17.9 Å². The Bertz CT molecular complexity index is 236. The van der Waals surface area contributed by atoms with Gasteiger partial charge in [-0.3, -0.25) is 4.79 Å². The molecule has 66 valence electrons. The normalized spacial score (nSPS) is 10.1. The first kappa shape index (κ1) is 9.28. The Morgan fingerprint density at radius 3 is 3.17 bits per heavy atom. The van der Waals surface area contributed by atoms with E-state index in [1.807, 2.05) is 0 Å². The fraction of sp³-hybridized carbons (Fsp3) is 0.571. The van der Waals surface area contributed by atoms with Crippen molar-refractivity contribution in [1.29, 1.82) is 0 Å². The summed E-state index contributed by atoms with van der Waals surface area (Å²) in [6.45, 7) is 0.623. The van der Waals surface area contributed by atoms with Crippen LogP contribution in [0.25, 0.3) is 0 Å². The highest BCUT2D eigenvalue weighted by Crippen LogP contribution is 2.07. The molecule has 5 heteroatoms. The summed E-state index contributed by atoms with van der Waals surface area (Å²) in [5, 5.41) is 3.59. The Morgan fingerprint density at radius 2 is 2.58 bits per heavy atom. The molecule has 0 aromatic carbocycles. The fourth-order valence-electron chi connectivity index (χ4n) is 0.790. The average Bonchev–Trinajstić information content (AvgIpc) is 2.56. The number of hydrogen-bond acceptors (Lipinski definition) is 5. The van der Waals surface area contributed by atoms with Crippen LogP contribution in [-0.4, -0.2) is 29.1 Å². The SMILES string of the molecule is COCCCC(=O)c1cnns1. The van der Waals surface area contributed by atoms with Gasteiger partial charge in [-0.1, -0.05) is 4.49 Å². The molecule has 0 spiro atoms. The minimum absolute atomic E-state index is 0.0991. The van der Waals surface area contributed by atoms with Gasteiger partial charge in [0, 0.05) is 20.1 Å². The van der Waals surface area contributed by atoms with Crippen LogP contribution in [0, 0.1) is 0 Å². The van der Waals surface area contributed by atoms with Crippen LogP contribution in [0.4, 0.5) is 0 Å². The van der Waals surface area contributed by atoms with Gasteiger partial charge in [0.1, 0.15) is 4.88 Å². The highest BCUT2D eigenvalue weighted by Gasteiger charge is 2.07. The Hall–Kier alpha value is -0.810. The number of nitrogens with zero attached hydrogens (tertiary/aromatic N) is 2. The number of aromatic nitrogens is 2. The summed E-state index contributed by atoms with van der Waals surface area (Å²) in [4.78, 5) is 11.9. The highest BCUT2D eigenvalue weighted by molar-refractivity contribution is 7.07. The van der Waals surface area contributed by atoms with Crippen molar-refractivity contribution in [3.05, 3.63) is 11.1 Å². The average molecular weight is 186 g/mol. The molecule has 0 bridgehead atoms. The summed E-state index contributed by atoms with van der Waals surface area (Å²) in [5.41, 5.74) is 0. The molecule has 1 aromatic heterocycles. The summed E-state index contributed by atoms with van der Waals surface area (Å²) in [5.74, 6) is 0.0991. The van der Waals surface area contributed by atoms with E-state index in [1.54, 1.807) is 7.11 Å². The molecule has 1 heterocycles. The predicted molar refractivity (Wildman–Crippen MR) is 45.3 cm³/mol. The van der Waals surface area contributed by atoms with Crippen LogP contribution in [0.3, 0.4) is 0 Å². The Labute approximate surface area is 74.7 Å². The van der Waals surface area contributed by atoms with Crippen molar-refractivity contribution < 1.29 is 9.53 Å². The number of ether oxygens (including phenoxy) is 1. The van der Waals surface area contributed by atoms with Crippen molar-refractivity contribution in [2.75, 3.05) is 13.7 Å². The number of carbonyl (C=O) groups excluding carboxylic acids is 1. The maximum atomic E-state index is 11.3. The third-order valence-corrected chi connectivity index (χ3v) is 2.09. The Balaban J connectivity index is 2.30. The highest BCUT2D eigenvalue weighted by atomic mass is 32.1. The van der Waals surface area contributed by atoms with Gasteiger partial charge in [-0.05, 0) is 18.0 Å². The van der Waals surface area contributed by atoms with Gasteiger partial charge in [0.05, 0.1) is 6.20 Å². The van der Waals surface area contributed by atoms with Gasteiger partial charge in [0.15, 0.2) is 5.78 Å². The molecule has 0 atom stereocenters. The quantitative estimate of drug-likeness (QED) is 0.511. The Kier molecular flexibility index (Phi) is 3.83. The molecule has 0 amide bonds. The van der Waals surface area contributed by atoms with E-state index in [1.165, 1.54) is 6.20 Å². The number of ketones is 1. The molecule has 0 radical (unpaired) electrons. The van der Waals surface area contributed by atoms with Crippen LogP contribution >= 0.6 is 11.5 Å².